The van der Waals surface area contributed by atoms with Gasteiger partial charge in [0.05, 0.1) is 6.04 Å². The van der Waals surface area contributed by atoms with E-state index in [1.165, 1.54) is 0 Å². The van der Waals surface area contributed by atoms with Crippen molar-refractivity contribution in [1.82, 2.24) is 0 Å². The lowest BCUT2D eigenvalue weighted by molar-refractivity contribution is 0.226. The molecular formula is C12H20BrNO. The molecule has 1 heterocycles. The number of hydrogen-bond donors (Lipinski definition) is 1. The average Bonchev–Trinajstić information content (AvgIpc) is 2.50. The Hall–Kier alpha value is -0.280. The van der Waals surface area contributed by atoms with Crippen LogP contribution in [0, 0.1) is 11.3 Å². The number of hydrogen-bond acceptors (Lipinski definition) is 2. The van der Waals surface area contributed by atoms with E-state index in [2.05, 4.69) is 43.6 Å². The molecule has 1 rings (SSSR count). The second-order valence-electron chi connectivity index (χ2n) is 5.25. The summed E-state index contributed by atoms with van der Waals surface area (Å²) in [5.74, 6) is 1.43. The Balaban J connectivity index is 2.60. The lowest BCUT2D eigenvalue weighted by Crippen LogP contribution is -2.22. The molecule has 0 saturated heterocycles. The van der Waals surface area contributed by atoms with Crippen molar-refractivity contribution in [2.45, 2.75) is 40.2 Å². The molecule has 3 heteroatoms. The monoisotopic (exact) mass is 273 g/mol. The van der Waals surface area contributed by atoms with Crippen LogP contribution in [0.15, 0.2) is 21.2 Å². The first-order chi connectivity index (χ1) is 6.80. The summed E-state index contributed by atoms with van der Waals surface area (Å²) in [5, 5.41) is 0. The topological polar surface area (TPSA) is 39.2 Å². The third kappa shape index (κ3) is 3.65. The minimum absolute atomic E-state index is 0.00877. The number of nitrogens with two attached hydrogens (primary N) is 1. The van der Waals surface area contributed by atoms with Crippen LogP contribution in [0.2, 0.25) is 0 Å². The molecule has 86 valence electrons. The molecule has 1 aromatic heterocycles. The fourth-order valence-corrected chi connectivity index (χ4v) is 1.70. The fourth-order valence-electron chi connectivity index (χ4n) is 1.38. The highest BCUT2D eigenvalue weighted by atomic mass is 79.9. The molecule has 0 amide bonds. The van der Waals surface area contributed by atoms with E-state index < -0.39 is 0 Å². The predicted octanol–water partition coefficient (Wildman–Crippen LogP) is 4.11. The molecule has 2 nitrogen and oxygen atoms in total. The summed E-state index contributed by atoms with van der Waals surface area (Å²) >= 11 is 3.28. The normalized spacial score (nSPS) is 16.4. The van der Waals surface area contributed by atoms with Crippen LogP contribution < -0.4 is 5.73 Å². The van der Waals surface area contributed by atoms with Crippen molar-refractivity contribution in [3.05, 3.63) is 22.6 Å². The Morgan fingerprint density at radius 2 is 2.00 bits per heavy atom. The van der Waals surface area contributed by atoms with Crippen LogP contribution in [0.1, 0.15) is 45.9 Å². The van der Waals surface area contributed by atoms with Crippen molar-refractivity contribution in [3.63, 3.8) is 0 Å². The summed E-state index contributed by atoms with van der Waals surface area (Å²) in [4.78, 5) is 0. The summed E-state index contributed by atoms with van der Waals surface area (Å²) in [6, 6.07) is 3.81. The first-order valence-corrected chi connectivity index (χ1v) is 6.11. The molecule has 15 heavy (non-hydrogen) atoms. The first kappa shape index (κ1) is 12.8. The molecule has 0 saturated carbocycles. The highest BCUT2D eigenvalue weighted by Gasteiger charge is 2.23. The van der Waals surface area contributed by atoms with E-state index in [4.69, 9.17) is 10.2 Å². The molecule has 0 aliphatic rings. The molecule has 0 fully saturated rings. The predicted molar refractivity (Wildman–Crippen MR) is 66.6 cm³/mol. The Morgan fingerprint density at radius 1 is 1.40 bits per heavy atom. The van der Waals surface area contributed by atoms with Crippen molar-refractivity contribution in [3.8, 4) is 0 Å². The van der Waals surface area contributed by atoms with Crippen molar-refractivity contribution < 1.29 is 4.42 Å². The average molecular weight is 274 g/mol. The summed E-state index contributed by atoms with van der Waals surface area (Å²) in [5.41, 5.74) is 6.38. The van der Waals surface area contributed by atoms with Crippen molar-refractivity contribution in [1.29, 1.82) is 0 Å². The van der Waals surface area contributed by atoms with E-state index in [-0.39, 0.29) is 6.04 Å². The summed E-state index contributed by atoms with van der Waals surface area (Å²) in [6.45, 7) is 8.95. The molecule has 2 N–H and O–H groups in total. The van der Waals surface area contributed by atoms with Gasteiger partial charge < -0.3 is 10.2 Å². The molecule has 0 aliphatic carbocycles. The largest absolute Gasteiger partial charge is 0.453 e. The third-order valence-electron chi connectivity index (χ3n) is 3.05. The van der Waals surface area contributed by atoms with Gasteiger partial charge >= 0.3 is 0 Å². The maximum absolute atomic E-state index is 6.09. The smallest absolute Gasteiger partial charge is 0.169 e. The Morgan fingerprint density at radius 3 is 2.40 bits per heavy atom. The van der Waals surface area contributed by atoms with E-state index in [0.717, 1.165) is 16.9 Å². The number of halogens is 1. The number of furan rings is 1. The highest BCUT2D eigenvalue weighted by Crippen LogP contribution is 2.33. The quantitative estimate of drug-likeness (QED) is 0.900. The zero-order valence-electron chi connectivity index (χ0n) is 9.88. The molecule has 0 bridgehead atoms. The van der Waals surface area contributed by atoms with E-state index in [1.807, 2.05) is 12.1 Å². The van der Waals surface area contributed by atoms with Crippen LogP contribution in [-0.2, 0) is 0 Å². The standard InChI is InChI=1S/C12H20BrNO/c1-8(12(2,3)4)7-9(14)10-5-6-11(13)15-10/h5-6,8-9H,7,14H2,1-4H3. The van der Waals surface area contributed by atoms with Crippen molar-refractivity contribution in [2.75, 3.05) is 0 Å². The SMILES string of the molecule is CC(CC(N)c1ccc(Br)o1)C(C)(C)C. The molecular weight excluding hydrogens is 254 g/mol. The first-order valence-electron chi connectivity index (χ1n) is 5.31. The van der Waals surface area contributed by atoms with Gasteiger partial charge in [-0.3, -0.25) is 0 Å². The van der Waals surface area contributed by atoms with Gasteiger partial charge in [-0.25, -0.2) is 0 Å². The van der Waals surface area contributed by atoms with Gasteiger partial charge in [-0.2, -0.15) is 0 Å². The minimum Gasteiger partial charge on any atom is -0.453 e. The summed E-state index contributed by atoms with van der Waals surface area (Å²) in [7, 11) is 0. The lowest BCUT2D eigenvalue weighted by atomic mass is 9.78. The molecule has 0 aliphatic heterocycles. The molecule has 0 spiro atoms. The second kappa shape index (κ2) is 4.71. The van der Waals surface area contributed by atoms with Crippen LogP contribution in [0.4, 0.5) is 0 Å². The van der Waals surface area contributed by atoms with E-state index in [0.29, 0.717) is 11.3 Å². The van der Waals surface area contributed by atoms with Crippen LogP contribution in [0.25, 0.3) is 0 Å². The maximum atomic E-state index is 6.09. The molecule has 0 radical (unpaired) electrons. The molecule has 2 unspecified atom stereocenters. The Kier molecular flexibility index (Phi) is 4.01. The molecule has 0 aromatic carbocycles. The van der Waals surface area contributed by atoms with Gasteiger partial charge in [-0.05, 0) is 45.8 Å². The minimum atomic E-state index is -0.00877. The van der Waals surface area contributed by atoms with Crippen LogP contribution in [0.5, 0.6) is 0 Å². The van der Waals surface area contributed by atoms with Gasteiger partial charge in [0.2, 0.25) is 0 Å². The Bertz CT molecular complexity index is 314. The second-order valence-corrected chi connectivity index (χ2v) is 6.03. The van der Waals surface area contributed by atoms with E-state index >= 15 is 0 Å². The van der Waals surface area contributed by atoms with Crippen LogP contribution >= 0.6 is 15.9 Å². The van der Waals surface area contributed by atoms with E-state index in [9.17, 15) is 0 Å². The molecule has 2 atom stereocenters. The zero-order valence-corrected chi connectivity index (χ0v) is 11.5. The van der Waals surface area contributed by atoms with Crippen molar-refractivity contribution >= 4 is 15.9 Å². The highest BCUT2D eigenvalue weighted by molar-refractivity contribution is 9.10. The zero-order chi connectivity index (χ0) is 11.6. The van der Waals surface area contributed by atoms with Gasteiger partial charge in [0.15, 0.2) is 4.67 Å². The summed E-state index contributed by atoms with van der Waals surface area (Å²) < 4.78 is 6.20. The van der Waals surface area contributed by atoms with Crippen molar-refractivity contribution in [2.24, 2.45) is 17.1 Å². The Labute approximate surface area is 100 Å². The summed E-state index contributed by atoms with van der Waals surface area (Å²) in [6.07, 6.45) is 0.948. The van der Waals surface area contributed by atoms with Gasteiger partial charge in [-0.1, -0.05) is 27.7 Å². The van der Waals surface area contributed by atoms with Gasteiger partial charge in [0, 0.05) is 0 Å². The lowest BCUT2D eigenvalue weighted by Gasteiger charge is -2.28. The van der Waals surface area contributed by atoms with Crippen LogP contribution in [-0.4, -0.2) is 0 Å². The van der Waals surface area contributed by atoms with Gasteiger partial charge in [0.1, 0.15) is 5.76 Å². The number of rotatable bonds is 3. The van der Waals surface area contributed by atoms with Gasteiger partial charge in [-0.15, -0.1) is 0 Å². The molecule has 1 aromatic rings. The third-order valence-corrected chi connectivity index (χ3v) is 3.47. The maximum Gasteiger partial charge on any atom is 0.169 e. The van der Waals surface area contributed by atoms with Gasteiger partial charge in [0.25, 0.3) is 0 Å². The fraction of sp³-hybridized carbons (Fsp3) is 0.667. The van der Waals surface area contributed by atoms with E-state index in [1.54, 1.807) is 0 Å². The van der Waals surface area contributed by atoms with Crippen LogP contribution in [0.3, 0.4) is 0 Å².